The number of rotatable bonds is 5. The Bertz CT molecular complexity index is 687. The zero-order valence-electron chi connectivity index (χ0n) is 13.8. The molecule has 0 radical (unpaired) electrons. The molecule has 0 spiro atoms. The lowest BCUT2D eigenvalue weighted by atomic mass is 10.1. The quantitative estimate of drug-likeness (QED) is 0.794. The summed E-state index contributed by atoms with van der Waals surface area (Å²) >= 11 is 0. The molecule has 2 heterocycles. The summed E-state index contributed by atoms with van der Waals surface area (Å²) in [5, 5.41) is 10.3. The maximum Gasteiger partial charge on any atom is 0.297 e. The van der Waals surface area contributed by atoms with E-state index >= 15 is 0 Å². The first-order valence-electron chi connectivity index (χ1n) is 7.89. The molecular weight excluding hydrogens is 336 g/mol. The zero-order chi connectivity index (χ0) is 17.5. The van der Waals surface area contributed by atoms with E-state index in [1.807, 2.05) is 13.8 Å². The van der Waals surface area contributed by atoms with Gasteiger partial charge in [0.2, 0.25) is 0 Å². The van der Waals surface area contributed by atoms with Gasteiger partial charge in [-0.3, -0.25) is 4.18 Å². The highest BCUT2D eigenvalue weighted by Gasteiger charge is 2.55. The Kier molecular flexibility index (Phi) is 4.71. The van der Waals surface area contributed by atoms with Crippen molar-refractivity contribution in [2.45, 2.75) is 62.5 Å². The van der Waals surface area contributed by atoms with Crippen molar-refractivity contribution >= 4 is 10.1 Å². The van der Waals surface area contributed by atoms with Gasteiger partial charge in [0.1, 0.15) is 18.3 Å². The molecule has 1 aromatic rings. The highest BCUT2D eigenvalue weighted by atomic mass is 32.2. The van der Waals surface area contributed by atoms with E-state index in [1.54, 1.807) is 19.1 Å². The first-order valence-corrected chi connectivity index (χ1v) is 9.30. The second-order valence-corrected chi connectivity index (χ2v) is 7.89. The second-order valence-electron chi connectivity index (χ2n) is 6.27. The number of hydrogen-bond donors (Lipinski definition) is 1. The van der Waals surface area contributed by atoms with E-state index in [9.17, 15) is 13.5 Å². The molecule has 134 valence electrons. The molecule has 1 aromatic carbocycles. The molecule has 0 aliphatic carbocycles. The van der Waals surface area contributed by atoms with E-state index in [2.05, 4.69) is 0 Å². The highest BCUT2D eigenvalue weighted by molar-refractivity contribution is 7.86. The third-order valence-electron chi connectivity index (χ3n) is 4.38. The predicted octanol–water partition coefficient (Wildman–Crippen LogP) is 1.33. The Morgan fingerprint density at radius 3 is 2.50 bits per heavy atom. The molecule has 2 aliphatic rings. The van der Waals surface area contributed by atoms with Crippen LogP contribution in [0.15, 0.2) is 29.2 Å². The molecule has 1 N–H and O–H groups in total. The SMILES string of the molecule is CCC1(C)O[C@H]2O[C@H](COS(=O)(=O)c3ccc(C)cc3)[C@H](O)[C@H]2O1. The van der Waals surface area contributed by atoms with E-state index in [4.69, 9.17) is 18.4 Å². The molecule has 5 atom stereocenters. The molecule has 2 fully saturated rings. The van der Waals surface area contributed by atoms with Gasteiger partial charge >= 0.3 is 0 Å². The van der Waals surface area contributed by atoms with Crippen LogP contribution in [-0.2, 0) is 28.5 Å². The number of hydrogen-bond acceptors (Lipinski definition) is 7. The van der Waals surface area contributed by atoms with E-state index in [-0.39, 0.29) is 11.5 Å². The van der Waals surface area contributed by atoms with Crippen LogP contribution < -0.4 is 0 Å². The Morgan fingerprint density at radius 2 is 1.92 bits per heavy atom. The lowest BCUT2D eigenvalue weighted by Crippen LogP contribution is -2.37. The first-order chi connectivity index (χ1) is 11.2. The van der Waals surface area contributed by atoms with Gasteiger partial charge < -0.3 is 19.3 Å². The normalized spacial score (nSPS) is 36.0. The molecule has 2 aliphatic heterocycles. The van der Waals surface area contributed by atoms with Crippen molar-refractivity contribution in [2.75, 3.05) is 6.61 Å². The van der Waals surface area contributed by atoms with Gasteiger partial charge in [0.15, 0.2) is 12.1 Å². The molecule has 0 saturated carbocycles. The number of fused-ring (bicyclic) bond motifs is 1. The first kappa shape index (κ1) is 17.8. The lowest BCUT2D eigenvalue weighted by Gasteiger charge is -2.25. The van der Waals surface area contributed by atoms with Crippen molar-refractivity contribution in [3.8, 4) is 0 Å². The monoisotopic (exact) mass is 358 g/mol. The van der Waals surface area contributed by atoms with Crippen LogP contribution in [0, 0.1) is 6.92 Å². The largest absolute Gasteiger partial charge is 0.387 e. The minimum Gasteiger partial charge on any atom is -0.387 e. The van der Waals surface area contributed by atoms with Crippen molar-refractivity contribution in [2.24, 2.45) is 0 Å². The second kappa shape index (κ2) is 6.36. The fourth-order valence-electron chi connectivity index (χ4n) is 2.72. The molecule has 7 nitrogen and oxygen atoms in total. The maximum absolute atomic E-state index is 12.2. The highest BCUT2D eigenvalue weighted by Crippen LogP contribution is 2.39. The molecule has 24 heavy (non-hydrogen) atoms. The van der Waals surface area contributed by atoms with E-state index in [0.29, 0.717) is 6.42 Å². The smallest absolute Gasteiger partial charge is 0.297 e. The topological polar surface area (TPSA) is 91.3 Å². The molecule has 0 aromatic heterocycles. The van der Waals surface area contributed by atoms with Crippen molar-refractivity contribution in [3.05, 3.63) is 29.8 Å². The molecule has 8 heteroatoms. The third kappa shape index (κ3) is 3.35. The van der Waals surface area contributed by atoms with Crippen molar-refractivity contribution in [1.29, 1.82) is 0 Å². The number of ether oxygens (including phenoxy) is 3. The summed E-state index contributed by atoms with van der Waals surface area (Å²) in [4.78, 5) is 0.0619. The fourth-order valence-corrected chi connectivity index (χ4v) is 3.64. The van der Waals surface area contributed by atoms with Gasteiger partial charge in [-0.1, -0.05) is 24.6 Å². The fraction of sp³-hybridized carbons (Fsp3) is 0.625. The van der Waals surface area contributed by atoms with Crippen LogP contribution in [-0.4, -0.2) is 50.5 Å². The molecule has 3 rings (SSSR count). The Morgan fingerprint density at radius 1 is 1.25 bits per heavy atom. The van der Waals surface area contributed by atoms with Crippen molar-refractivity contribution < 1.29 is 31.9 Å². The summed E-state index contributed by atoms with van der Waals surface area (Å²) in [7, 11) is -3.91. The summed E-state index contributed by atoms with van der Waals surface area (Å²) in [6, 6.07) is 6.33. The van der Waals surface area contributed by atoms with E-state index in [1.165, 1.54) is 12.1 Å². The average Bonchev–Trinajstić information content (AvgIpc) is 3.01. The van der Waals surface area contributed by atoms with Gasteiger partial charge in [-0.05, 0) is 32.4 Å². The number of aryl methyl sites for hydroxylation is 1. The van der Waals surface area contributed by atoms with Gasteiger partial charge in [0, 0.05) is 0 Å². The zero-order valence-corrected chi connectivity index (χ0v) is 14.7. The molecule has 2 saturated heterocycles. The van der Waals surface area contributed by atoms with E-state index < -0.39 is 40.5 Å². The third-order valence-corrected chi connectivity index (χ3v) is 5.68. The van der Waals surface area contributed by atoms with Gasteiger partial charge in [0.05, 0.1) is 11.5 Å². The van der Waals surface area contributed by atoms with E-state index in [0.717, 1.165) is 5.56 Å². The average molecular weight is 358 g/mol. The summed E-state index contributed by atoms with van der Waals surface area (Å²) in [5.41, 5.74) is 0.949. The van der Waals surface area contributed by atoms with Crippen molar-refractivity contribution in [3.63, 3.8) is 0 Å². The Balaban J connectivity index is 1.61. The van der Waals surface area contributed by atoms with Crippen LogP contribution in [0.1, 0.15) is 25.8 Å². The lowest BCUT2D eigenvalue weighted by molar-refractivity contribution is -0.227. The summed E-state index contributed by atoms with van der Waals surface area (Å²) in [6.07, 6.45) is -2.61. The van der Waals surface area contributed by atoms with Gasteiger partial charge in [-0.2, -0.15) is 8.42 Å². The van der Waals surface area contributed by atoms with Gasteiger partial charge in [-0.15, -0.1) is 0 Å². The van der Waals surface area contributed by atoms with Crippen LogP contribution in [0.4, 0.5) is 0 Å². The molecule has 0 amide bonds. The molecular formula is C16H22O7S. The van der Waals surface area contributed by atoms with Crippen LogP contribution in [0.25, 0.3) is 0 Å². The van der Waals surface area contributed by atoms with Crippen LogP contribution in [0.2, 0.25) is 0 Å². The maximum atomic E-state index is 12.2. The predicted molar refractivity (Wildman–Crippen MR) is 83.6 cm³/mol. The number of aliphatic hydroxyl groups is 1. The Labute approximate surface area is 141 Å². The Hall–Kier alpha value is -1.03. The number of aliphatic hydroxyl groups excluding tert-OH is 1. The molecule has 1 unspecified atom stereocenters. The minimum atomic E-state index is -3.91. The standard InChI is InChI=1S/C16H22O7S/c1-4-16(3)22-14-13(17)12(21-15(14)23-16)9-20-24(18,19)11-7-5-10(2)6-8-11/h5-8,12-15,17H,4,9H2,1-3H3/t12-,13+,14-,15-,16?/m1/s1. The van der Waals surface area contributed by atoms with Crippen LogP contribution in [0.5, 0.6) is 0 Å². The number of benzene rings is 1. The van der Waals surface area contributed by atoms with Crippen LogP contribution >= 0.6 is 0 Å². The van der Waals surface area contributed by atoms with Gasteiger partial charge in [0.25, 0.3) is 10.1 Å². The van der Waals surface area contributed by atoms with Crippen molar-refractivity contribution in [1.82, 2.24) is 0 Å². The summed E-state index contributed by atoms with van der Waals surface area (Å²) in [5.74, 6) is -0.796. The summed E-state index contributed by atoms with van der Waals surface area (Å²) < 4.78 is 46.3. The summed E-state index contributed by atoms with van der Waals surface area (Å²) in [6.45, 7) is 5.24. The minimum absolute atomic E-state index is 0.0619. The van der Waals surface area contributed by atoms with Gasteiger partial charge in [-0.25, -0.2) is 0 Å². The molecule has 0 bridgehead atoms. The van der Waals surface area contributed by atoms with Crippen LogP contribution in [0.3, 0.4) is 0 Å².